The monoisotopic (exact) mass is 196 g/mol. The minimum atomic E-state index is -0.707. The van der Waals surface area contributed by atoms with E-state index >= 15 is 0 Å². The maximum atomic E-state index is 9.12. The Morgan fingerprint density at radius 3 is 2.86 bits per heavy atom. The molecule has 1 aromatic heterocycles. The molecule has 0 bridgehead atoms. The Morgan fingerprint density at radius 1 is 1.50 bits per heavy atom. The number of nitrogens with zero attached hydrogens (tertiary/aromatic N) is 1. The first kappa shape index (κ1) is 11.1. The molecule has 0 aliphatic carbocycles. The lowest BCUT2D eigenvalue weighted by Crippen LogP contribution is -2.31. The van der Waals surface area contributed by atoms with Crippen molar-refractivity contribution >= 4 is 0 Å². The minimum Gasteiger partial charge on any atom is -0.394 e. The number of pyridine rings is 1. The molecule has 0 saturated heterocycles. The summed E-state index contributed by atoms with van der Waals surface area (Å²) in [7, 11) is 0. The first-order valence-electron chi connectivity index (χ1n) is 4.67. The Kier molecular flexibility index (Phi) is 4.52. The molecule has 4 heteroatoms. The molecule has 1 heterocycles. The fourth-order valence-corrected chi connectivity index (χ4v) is 1.11. The van der Waals surface area contributed by atoms with Crippen LogP contribution in [0.2, 0.25) is 0 Å². The lowest BCUT2D eigenvalue weighted by atomic mass is 10.2. The Bertz CT molecular complexity index is 254. The first-order valence-corrected chi connectivity index (χ1v) is 4.67. The zero-order valence-corrected chi connectivity index (χ0v) is 8.22. The quantitative estimate of drug-likeness (QED) is 0.624. The van der Waals surface area contributed by atoms with Crippen molar-refractivity contribution in [3.63, 3.8) is 0 Å². The van der Waals surface area contributed by atoms with Gasteiger partial charge in [0.05, 0.1) is 18.4 Å². The van der Waals surface area contributed by atoms with Gasteiger partial charge in [0.25, 0.3) is 0 Å². The van der Waals surface area contributed by atoms with E-state index in [-0.39, 0.29) is 12.6 Å². The maximum absolute atomic E-state index is 9.12. The van der Waals surface area contributed by atoms with Crippen molar-refractivity contribution in [2.45, 2.75) is 19.1 Å². The van der Waals surface area contributed by atoms with E-state index in [9.17, 15) is 0 Å². The summed E-state index contributed by atoms with van der Waals surface area (Å²) in [6.07, 6.45) is 1.02. The number of aliphatic hydroxyl groups is 2. The summed E-state index contributed by atoms with van der Waals surface area (Å²) in [4.78, 5) is 4.18. The van der Waals surface area contributed by atoms with E-state index in [1.165, 1.54) is 0 Å². The highest BCUT2D eigenvalue weighted by Crippen LogP contribution is 2.07. The lowest BCUT2D eigenvalue weighted by molar-refractivity contribution is 0.0922. The van der Waals surface area contributed by atoms with E-state index in [1.807, 2.05) is 25.1 Å². The summed E-state index contributed by atoms with van der Waals surface area (Å²) in [5.74, 6) is 0. The van der Waals surface area contributed by atoms with Crippen LogP contribution in [0.15, 0.2) is 24.4 Å². The van der Waals surface area contributed by atoms with Crippen molar-refractivity contribution in [2.75, 3.05) is 13.2 Å². The van der Waals surface area contributed by atoms with Crippen LogP contribution in [-0.4, -0.2) is 34.5 Å². The molecule has 1 aromatic rings. The van der Waals surface area contributed by atoms with Gasteiger partial charge in [0.2, 0.25) is 0 Å². The minimum absolute atomic E-state index is 0.0809. The van der Waals surface area contributed by atoms with Crippen LogP contribution < -0.4 is 5.32 Å². The Morgan fingerprint density at radius 2 is 2.29 bits per heavy atom. The zero-order chi connectivity index (χ0) is 10.4. The second-order valence-corrected chi connectivity index (χ2v) is 3.22. The lowest BCUT2D eigenvalue weighted by Gasteiger charge is -2.15. The Hall–Kier alpha value is -0.970. The van der Waals surface area contributed by atoms with Crippen molar-refractivity contribution < 1.29 is 10.2 Å². The van der Waals surface area contributed by atoms with Gasteiger partial charge in [-0.1, -0.05) is 6.07 Å². The van der Waals surface area contributed by atoms with E-state index in [0.717, 1.165) is 5.69 Å². The second-order valence-electron chi connectivity index (χ2n) is 3.22. The van der Waals surface area contributed by atoms with Gasteiger partial charge in [-0.2, -0.15) is 0 Å². The summed E-state index contributed by atoms with van der Waals surface area (Å²) >= 11 is 0. The predicted octanol–water partition coefficient (Wildman–Crippen LogP) is 0.0854. The largest absolute Gasteiger partial charge is 0.394 e. The molecule has 0 saturated carbocycles. The number of aromatic nitrogens is 1. The van der Waals surface area contributed by atoms with Crippen molar-refractivity contribution in [1.82, 2.24) is 10.3 Å². The number of hydrogen-bond donors (Lipinski definition) is 3. The van der Waals surface area contributed by atoms with Crippen LogP contribution in [-0.2, 0) is 0 Å². The van der Waals surface area contributed by atoms with E-state index in [4.69, 9.17) is 10.2 Å². The maximum Gasteiger partial charge on any atom is 0.0895 e. The van der Waals surface area contributed by atoms with E-state index in [2.05, 4.69) is 10.3 Å². The van der Waals surface area contributed by atoms with Gasteiger partial charge < -0.3 is 15.5 Å². The molecule has 78 valence electrons. The number of hydrogen-bond acceptors (Lipinski definition) is 4. The average molecular weight is 196 g/mol. The van der Waals surface area contributed by atoms with Gasteiger partial charge in [-0.3, -0.25) is 4.98 Å². The van der Waals surface area contributed by atoms with Gasteiger partial charge >= 0.3 is 0 Å². The normalized spacial score (nSPS) is 15.1. The molecular weight excluding hydrogens is 180 g/mol. The molecule has 4 nitrogen and oxygen atoms in total. The van der Waals surface area contributed by atoms with Gasteiger partial charge in [0.15, 0.2) is 0 Å². The van der Waals surface area contributed by atoms with Crippen LogP contribution in [0.5, 0.6) is 0 Å². The molecule has 0 amide bonds. The fraction of sp³-hybridized carbons (Fsp3) is 0.500. The molecule has 2 atom stereocenters. The van der Waals surface area contributed by atoms with Crippen LogP contribution in [0.1, 0.15) is 18.7 Å². The SMILES string of the molecule is C[C@@H](NC[C@H](O)CO)c1ccccn1. The van der Waals surface area contributed by atoms with E-state index in [0.29, 0.717) is 6.54 Å². The topological polar surface area (TPSA) is 65.4 Å². The highest BCUT2D eigenvalue weighted by Gasteiger charge is 2.07. The van der Waals surface area contributed by atoms with Gasteiger partial charge in [-0.05, 0) is 19.1 Å². The first-order chi connectivity index (χ1) is 6.74. The molecule has 0 aromatic carbocycles. The van der Waals surface area contributed by atoms with Crippen molar-refractivity contribution in [1.29, 1.82) is 0 Å². The number of aliphatic hydroxyl groups excluding tert-OH is 2. The summed E-state index contributed by atoms with van der Waals surface area (Å²) < 4.78 is 0. The number of rotatable bonds is 5. The highest BCUT2D eigenvalue weighted by atomic mass is 16.3. The van der Waals surface area contributed by atoms with Gasteiger partial charge in [0, 0.05) is 18.8 Å². The predicted molar refractivity (Wildman–Crippen MR) is 53.7 cm³/mol. The van der Waals surface area contributed by atoms with Crippen molar-refractivity contribution in [3.8, 4) is 0 Å². The van der Waals surface area contributed by atoms with Crippen LogP contribution in [0, 0.1) is 0 Å². The molecule has 0 spiro atoms. The summed E-state index contributed by atoms with van der Waals surface area (Å²) in [6, 6.07) is 5.78. The Labute approximate surface area is 83.6 Å². The third-order valence-electron chi connectivity index (χ3n) is 2.00. The molecule has 0 aliphatic heterocycles. The smallest absolute Gasteiger partial charge is 0.0895 e. The van der Waals surface area contributed by atoms with E-state index in [1.54, 1.807) is 6.20 Å². The number of nitrogens with one attached hydrogen (secondary N) is 1. The molecule has 3 N–H and O–H groups in total. The van der Waals surface area contributed by atoms with Crippen LogP contribution in [0.3, 0.4) is 0 Å². The molecule has 14 heavy (non-hydrogen) atoms. The van der Waals surface area contributed by atoms with Crippen LogP contribution in [0.4, 0.5) is 0 Å². The average Bonchev–Trinajstić information content (AvgIpc) is 2.26. The molecule has 0 fully saturated rings. The van der Waals surface area contributed by atoms with Gasteiger partial charge in [-0.15, -0.1) is 0 Å². The molecule has 1 rings (SSSR count). The van der Waals surface area contributed by atoms with Crippen molar-refractivity contribution in [2.24, 2.45) is 0 Å². The van der Waals surface area contributed by atoms with Crippen LogP contribution in [0.25, 0.3) is 0 Å². The second kappa shape index (κ2) is 5.70. The van der Waals surface area contributed by atoms with Gasteiger partial charge in [0.1, 0.15) is 0 Å². The molecule has 0 aliphatic rings. The molecular formula is C10H16N2O2. The third-order valence-corrected chi connectivity index (χ3v) is 2.00. The van der Waals surface area contributed by atoms with Crippen molar-refractivity contribution in [3.05, 3.63) is 30.1 Å². The summed E-state index contributed by atoms with van der Waals surface area (Å²) in [5, 5.41) is 20.8. The Balaban J connectivity index is 2.39. The van der Waals surface area contributed by atoms with E-state index < -0.39 is 6.10 Å². The zero-order valence-electron chi connectivity index (χ0n) is 8.22. The molecule has 0 radical (unpaired) electrons. The fourth-order valence-electron chi connectivity index (χ4n) is 1.11. The summed E-state index contributed by atoms with van der Waals surface area (Å²) in [5.41, 5.74) is 0.928. The molecule has 0 unspecified atom stereocenters. The standard InChI is InChI=1S/C10H16N2O2/c1-8(12-6-9(14)7-13)10-4-2-3-5-11-10/h2-5,8-9,12-14H,6-7H2,1H3/t8-,9+/m1/s1. The highest BCUT2D eigenvalue weighted by molar-refractivity contribution is 5.07. The van der Waals surface area contributed by atoms with Crippen LogP contribution >= 0.6 is 0 Å². The van der Waals surface area contributed by atoms with Gasteiger partial charge in [-0.25, -0.2) is 0 Å². The summed E-state index contributed by atoms with van der Waals surface area (Å²) in [6.45, 7) is 2.11. The third kappa shape index (κ3) is 3.41.